The molecule has 166 valence electrons. The Morgan fingerprint density at radius 2 is 1.90 bits per heavy atom. The van der Waals surface area contributed by atoms with Crippen LogP contribution in [0.25, 0.3) is 16.5 Å². The number of nitrogens with zero attached hydrogens (tertiary/aromatic N) is 1. The van der Waals surface area contributed by atoms with Crippen LogP contribution in [0, 0.1) is 0 Å². The van der Waals surface area contributed by atoms with E-state index in [-0.39, 0.29) is 11.0 Å². The topological polar surface area (TPSA) is 137 Å². The number of H-pyrrole nitrogens is 1. The number of aromatic nitrogens is 1. The van der Waals surface area contributed by atoms with Crippen LogP contribution in [0.5, 0.6) is 0 Å². The van der Waals surface area contributed by atoms with Gasteiger partial charge in [-0.1, -0.05) is 36.4 Å². The molecule has 3 aromatic rings. The third-order valence-electron chi connectivity index (χ3n) is 5.64. The van der Waals surface area contributed by atoms with Gasteiger partial charge in [-0.2, -0.15) is 0 Å². The zero-order valence-corrected chi connectivity index (χ0v) is 17.7. The molecule has 0 saturated heterocycles. The molecule has 0 aliphatic carbocycles. The van der Waals surface area contributed by atoms with E-state index in [1.165, 1.54) is 23.1 Å². The smallest absolute Gasteiger partial charge is 0.316 e. The third-order valence-corrected chi connectivity index (χ3v) is 5.64. The molecule has 0 unspecified atom stereocenters. The van der Waals surface area contributed by atoms with Gasteiger partial charge < -0.3 is 27.0 Å². The van der Waals surface area contributed by atoms with Gasteiger partial charge in [0.05, 0.1) is 0 Å². The van der Waals surface area contributed by atoms with E-state index < -0.39 is 6.03 Å². The third kappa shape index (κ3) is 6.18. The number of anilines is 1. The molecule has 0 spiro atoms. The maximum absolute atomic E-state index is 11.1. The number of carbonyl (C=O) groups is 1. The molecule has 1 aliphatic rings. The van der Waals surface area contributed by atoms with Gasteiger partial charge in [0.25, 0.3) is 0 Å². The number of nitrogens with one attached hydrogen (secondary N) is 2. The van der Waals surface area contributed by atoms with E-state index in [4.69, 9.17) is 5.73 Å². The van der Waals surface area contributed by atoms with Gasteiger partial charge in [-0.25, -0.2) is 4.79 Å². The summed E-state index contributed by atoms with van der Waals surface area (Å²) in [6.45, 7) is 3.31. The first kappa shape index (κ1) is 24.1. The van der Waals surface area contributed by atoms with E-state index in [1.807, 2.05) is 18.2 Å². The molecule has 0 radical (unpaired) electrons. The number of benzene rings is 2. The largest absolute Gasteiger partial charge is 0.412 e. The summed E-state index contributed by atoms with van der Waals surface area (Å²) in [5.41, 5.74) is 11.2. The van der Waals surface area contributed by atoms with Crippen LogP contribution < -0.4 is 11.1 Å². The van der Waals surface area contributed by atoms with Crippen molar-refractivity contribution in [2.24, 2.45) is 5.73 Å². The summed E-state index contributed by atoms with van der Waals surface area (Å²) in [6.07, 6.45) is 8.94. The summed E-state index contributed by atoms with van der Waals surface area (Å²) < 4.78 is 0. The minimum absolute atomic E-state index is 0. The average molecular weight is 425 g/mol. The fourth-order valence-corrected chi connectivity index (χ4v) is 4.08. The van der Waals surface area contributed by atoms with Crippen LogP contribution >= 0.6 is 0 Å². The Morgan fingerprint density at radius 3 is 2.61 bits per heavy atom. The Kier molecular flexibility index (Phi) is 8.81. The highest BCUT2D eigenvalue weighted by atomic mass is 16.2. The van der Waals surface area contributed by atoms with Gasteiger partial charge in [-0.15, -0.1) is 0 Å². The van der Waals surface area contributed by atoms with E-state index in [9.17, 15) is 4.79 Å². The lowest BCUT2D eigenvalue weighted by Gasteiger charge is -2.26. The molecule has 2 heterocycles. The maximum atomic E-state index is 11.1. The number of carbonyl (C=O) groups excluding carboxylic acids is 1. The van der Waals surface area contributed by atoms with E-state index in [0.717, 1.165) is 55.5 Å². The molecule has 1 aromatic heterocycles. The fourth-order valence-electron chi connectivity index (χ4n) is 4.08. The molecule has 0 atom stereocenters. The highest BCUT2D eigenvalue weighted by Crippen LogP contribution is 2.25. The number of unbranched alkanes of at least 4 members (excludes halogenated alkanes) is 1. The van der Waals surface area contributed by atoms with Crippen LogP contribution in [0.15, 0.2) is 60.8 Å². The predicted molar refractivity (Wildman–Crippen MR) is 127 cm³/mol. The highest BCUT2D eigenvalue weighted by molar-refractivity contribution is 5.93. The Labute approximate surface area is 182 Å². The number of nitrogens with two attached hydrogens (primary N) is 1. The summed E-state index contributed by atoms with van der Waals surface area (Å²) in [6, 6.07) is 16.0. The first-order valence-corrected chi connectivity index (χ1v) is 10.3. The number of hydrogen-bond acceptors (Lipinski definition) is 2. The van der Waals surface area contributed by atoms with Crippen molar-refractivity contribution in [3.8, 4) is 0 Å². The van der Waals surface area contributed by atoms with Gasteiger partial charge >= 0.3 is 6.03 Å². The molecule has 7 heteroatoms. The molecular weight excluding hydrogens is 392 g/mol. The zero-order valence-electron chi connectivity index (χ0n) is 17.7. The number of aryl methyl sites for hydroxylation is 1. The SMILES string of the molecule is NC(=O)Nc1ccc2[nH]cc(CCCCN3CC=C(c4ccccc4)CC3)c2c1.O.O. The molecule has 0 bridgehead atoms. The Bertz CT molecular complexity index is 1010. The van der Waals surface area contributed by atoms with Crippen molar-refractivity contribution >= 4 is 28.2 Å². The summed E-state index contributed by atoms with van der Waals surface area (Å²) >= 11 is 0. The van der Waals surface area contributed by atoms with Crippen molar-refractivity contribution in [3.05, 3.63) is 71.9 Å². The van der Waals surface area contributed by atoms with E-state index in [1.54, 1.807) is 0 Å². The second-order valence-corrected chi connectivity index (χ2v) is 7.67. The second-order valence-electron chi connectivity index (χ2n) is 7.67. The summed E-state index contributed by atoms with van der Waals surface area (Å²) in [5, 5.41) is 3.81. The lowest BCUT2D eigenvalue weighted by molar-refractivity contribution is 0.259. The second kappa shape index (κ2) is 11.3. The van der Waals surface area contributed by atoms with Crippen LogP contribution in [0.3, 0.4) is 0 Å². The van der Waals surface area contributed by atoms with Crippen molar-refractivity contribution < 1.29 is 15.7 Å². The van der Waals surface area contributed by atoms with Gasteiger partial charge in [0.2, 0.25) is 0 Å². The molecule has 8 N–H and O–H groups in total. The van der Waals surface area contributed by atoms with Crippen molar-refractivity contribution in [1.29, 1.82) is 0 Å². The summed E-state index contributed by atoms with van der Waals surface area (Å²) in [7, 11) is 0. The number of urea groups is 1. The van der Waals surface area contributed by atoms with E-state index in [2.05, 4.69) is 57.8 Å². The lowest BCUT2D eigenvalue weighted by Crippen LogP contribution is -2.29. The van der Waals surface area contributed by atoms with Gasteiger partial charge in [0.1, 0.15) is 0 Å². The Hall–Kier alpha value is -3.13. The standard InChI is InChI=1S/C24H28N4O.2H2O/c25-24(29)27-21-9-10-23-22(16-21)20(17-26-23)8-4-5-13-28-14-11-19(12-15-28)18-6-2-1-3-7-18;;/h1-3,6-7,9-11,16-17,26H,4-5,8,12-15H2,(H3,25,27,29);2*1H2. The molecule has 4 rings (SSSR count). The van der Waals surface area contributed by atoms with Crippen LogP contribution in [-0.2, 0) is 6.42 Å². The summed E-state index contributed by atoms with van der Waals surface area (Å²) in [5.74, 6) is 0. The minimum atomic E-state index is -0.535. The quantitative estimate of drug-likeness (QED) is 0.502. The molecule has 31 heavy (non-hydrogen) atoms. The monoisotopic (exact) mass is 424 g/mol. The van der Waals surface area contributed by atoms with E-state index in [0.29, 0.717) is 0 Å². The number of hydrogen-bond donors (Lipinski definition) is 3. The first-order valence-electron chi connectivity index (χ1n) is 10.3. The first-order chi connectivity index (χ1) is 14.2. The van der Waals surface area contributed by atoms with Gasteiger partial charge in [-0.3, -0.25) is 4.90 Å². The summed E-state index contributed by atoms with van der Waals surface area (Å²) in [4.78, 5) is 16.9. The molecule has 1 aliphatic heterocycles. The normalized spacial score (nSPS) is 13.7. The molecular formula is C24H32N4O3. The van der Waals surface area contributed by atoms with Crippen molar-refractivity contribution in [3.63, 3.8) is 0 Å². The predicted octanol–water partition coefficient (Wildman–Crippen LogP) is 3.12. The van der Waals surface area contributed by atoms with Gasteiger partial charge in [0, 0.05) is 35.9 Å². The molecule has 2 amide bonds. The zero-order chi connectivity index (χ0) is 20.1. The fraction of sp³-hybridized carbons (Fsp3) is 0.292. The van der Waals surface area contributed by atoms with Crippen LogP contribution in [0.4, 0.5) is 10.5 Å². The maximum Gasteiger partial charge on any atom is 0.316 e. The lowest BCUT2D eigenvalue weighted by atomic mass is 9.99. The molecule has 0 saturated carbocycles. The van der Waals surface area contributed by atoms with Crippen LogP contribution in [0.2, 0.25) is 0 Å². The number of fused-ring (bicyclic) bond motifs is 1. The van der Waals surface area contributed by atoms with E-state index >= 15 is 0 Å². The Balaban J connectivity index is 0.00000171. The van der Waals surface area contributed by atoms with Gasteiger partial charge in [-0.05, 0) is 67.1 Å². The molecule has 7 nitrogen and oxygen atoms in total. The molecule has 2 aromatic carbocycles. The number of primary amides is 1. The van der Waals surface area contributed by atoms with Crippen molar-refractivity contribution in [2.45, 2.75) is 25.7 Å². The van der Waals surface area contributed by atoms with Crippen molar-refractivity contribution in [2.75, 3.05) is 25.0 Å². The average Bonchev–Trinajstić information content (AvgIpc) is 3.14. The number of aromatic amines is 1. The van der Waals surface area contributed by atoms with Crippen LogP contribution in [-0.4, -0.2) is 46.5 Å². The molecule has 0 fully saturated rings. The number of amides is 2. The number of rotatable bonds is 7. The van der Waals surface area contributed by atoms with Crippen LogP contribution in [0.1, 0.15) is 30.4 Å². The highest BCUT2D eigenvalue weighted by Gasteiger charge is 2.12. The minimum Gasteiger partial charge on any atom is -0.412 e. The van der Waals surface area contributed by atoms with Gasteiger partial charge in [0.15, 0.2) is 0 Å². The van der Waals surface area contributed by atoms with Crippen molar-refractivity contribution in [1.82, 2.24) is 9.88 Å². The Morgan fingerprint density at radius 1 is 1.10 bits per heavy atom.